The number of aryl methyl sites for hydroxylation is 3. The Labute approximate surface area is 213 Å². The van der Waals surface area contributed by atoms with Crippen LogP contribution in [0.3, 0.4) is 0 Å². The first kappa shape index (κ1) is 25.6. The van der Waals surface area contributed by atoms with Gasteiger partial charge in [0.2, 0.25) is 0 Å². The van der Waals surface area contributed by atoms with Crippen LogP contribution in [-0.2, 0) is 19.3 Å². The Hall–Kier alpha value is -2.45. The van der Waals surface area contributed by atoms with E-state index in [1.165, 1.54) is 54.1 Å². The van der Waals surface area contributed by atoms with E-state index >= 15 is 0 Å². The van der Waals surface area contributed by atoms with Gasteiger partial charge in [-0.05, 0) is 85.3 Å². The molecule has 0 aromatic heterocycles. The zero-order valence-electron chi connectivity index (χ0n) is 21.5. The fourth-order valence-corrected chi connectivity index (χ4v) is 8.23. The van der Waals surface area contributed by atoms with E-state index < -0.39 is 0 Å². The molecule has 1 aliphatic rings. The largest absolute Gasteiger partial charge is 0.206 e. The lowest BCUT2D eigenvalue weighted by Gasteiger charge is -2.27. The molecule has 1 heterocycles. The van der Waals surface area contributed by atoms with Gasteiger partial charge in [0.05, 0.1) is 0 Å². The van der Waals surface area contributed by atoms with Gasteiger partial charge in [-0.1, -0.05) is 104 Å². The topological polar surface area (TPSA) is 0 Å². The molecule has 0 unspecified atom stereocenters. The summed E-state index contributed by atoms with van der Waals surface area (Å²) < 4.78 is 14.9. The van der Waals surface area contributed by atoms with E-state index in [9.17, 15) is 4.39 Å². The Morgan fingerprint density at radius 1 is 0.829 bits per heavy atom. The number of allylic oxidation sites excluding steroid dienone is 2. The van der Waals surface area contributed by atoms with Crippen LogP contribution in [0.4, 0.5) is 4.39 Å². The second-order valence-electron chi connectivity index (χ2n) is 10.1. The highest BCUT2D eigenvalue weighted by molar-refractivity contribution is 6.59. The third-order valence-electron chi connectivity index (χ3n) is 7.58. The van der Waals surface area contributed by atoms with Gasteiger partial charge >= 0.3 is 0 Å². The summed E-state index contributed by atoms with van der Waals surface area (Å²) in [6, 6.07) is 27.8. The van der Waals surface area contributed by atoms with Crippen molar-refractivity contribution in [3.05, 3.63) is 107 Å². The SMILES string of the molecule is CC=CCC[Si]1CCC(c2ccc(CCc3ccc(-c4ccc(CCC)cc4)c(F)c3)cc2)CC1. The maximum absolute atomic E-state index is 14.9. The van der Waals surface area contributed by atoms with Crippen LogP contribution in [0.1, 0.15) is 67.7 Å². The lowest BCUT2D eigenvalue weighted by Crippen LogP contribution is -2.20. The van der Waals surface area contributed by atoms with Crippen molar-refractivity contribution in [2.24, 2.45) is 0 Å². The molecule has 2 heteroatoms. The lowest BCUT2D eigenvalue weighted by atomic mass is 9.92. The van der Waals surface area contributed by atoms with Crippen LogP contribution in [-0.4, -0.2) is 8.80 Å². The molecule has 1 aliphatic heterocycles. The first-order valence-corrected chi connectivity index (χ1v) is 15.7. The van der Waals surface area contributed by atoms with E-state index in [4.69, 9.17) is 0 Å². The predicted octanol–water partition coefficient (Wildman–Crippen LogP) is 9.57. The van der Waals surface area contributed by atoms with Crippen molar-refractivity contribution in [2.45, 2.75) is 82.8 Å². The average molecular weight is 484 g/mol. The highest BCUT2D eigenvalue weighted by atomic mass is 28.3. The van der Waals surface area contributed by atoms with Crippen LogP contribution < -0.4 is 0 Å². The second kappa shape index (κ2) is 13.0. The minimum atomic E-state index is -0.120. The first-order chi connectivity index (χ1) is 17.2. The summed E-state index contributed by atoms with van der Waals surface area (Å²) in [5.41, 5.74) is 6.89. The minimum absolute atomic E-state index is 0.117. The third-order valence-corrected chi connectivity index (χ3v) is 10.6. The Balaban J connectivity index is 1.28. The Bertz CT molecular complexity index is 1070. The summed E-state index contributed by atoms with van der Waals surface area (Å²) in [7, 11) is -0.117. The zero-order chi connectivity index (χ0) is 24.5. The average Bonchev–Trinajstić information content (AvgIpc) is 2.89. The fraction of sp³-hybridized carbons (Fsp3) is 0.394. The van der Waals surface area contributed by atoms with Crippen molar-refractivity contribution >= 4 is 8.80 Å². The van der Waals surface area contributed by atoms with E-state index in [1.807, 2.05) is 18.2 Å². The summed E-state index contributed by atoms with van der Waals surface area (Å²) in [5.74, 6) is 0.627. The van der Waals surface area contributed by atoms with Gasteiger partial charge in [-0.2, -0.15) is 0 Å². The molecule has 183 valence electrons. The maximum Gasteiger partial charge on any atom is 0.131 e. The molecule has 0 amide bonds. The molecule has 0 saturated carbocycles. The number of hydrogen-bond acceptors (Lipinski definition) is 0. The molecule has 1 radical (unpaired) electrons. The van der Waals surface area contributed by atoms with E-state index in [2.05, 4.69) is 68.5 Å². The second-order valence-corrected chi connectivity index (χ2v) is 13.1. The van der Waals surface area contributed by atoms with Crippen molar-refractivity contribution in [2.75, 3.05) is 0 Å². The minimum Gasteiger partial charge on any atom is -0.206 e. The van der Waals surface area contributed by atoms with E-state index in [1.54, 1.807) is 6.07 Å². The molecule has 3 aromatic rings. The number of halogens is 1. The maximum atomic E-state index is 14.9. The molecule has 0 nitrogen and oxygen atoms in total. The van der Waals surface area contributed by atoms with Crippen LogP contribution in [0.2, 0.25) is 18.1 Å². The van der Waals surface area contributed by atoms with Gasteiger partial charge < -0.3 is 0 Å². The van der Waals surface area contributed by atoms with Crippen LogP contribution in [0.25, 0.3) is 11.1 Å². The van der Waals surface area contributed by atoms with Gasteiger partial charge in [-0.25, -0.2) is 4.39 Å². The molecule has 0 spiro atoms. The van der Waals surface area contributed by atoms with Crippen LogP contribution >= 0.6 is 0 Å². The molecule has 0 atom stereocenters. The molecule has 3 aromatic carbocycles. The molecule has 0 aliphatic carbocycles. The van der Waals surface area contributed by atoms with E-state index in [0.29, 0.717) is 5.56 Å². The van der Waals surface area contributed by atoms with Crippen LogP contribution in [0, 0.1) is 5.82 Å². The molecule has 4 rings (SSSR count). The van der Waals surface area contributed by atoms with Crippen molar-refractivity contribution in [3.8, 4) is 11.1 Å². The fourth-order valence-electron chi connectivity index (χ4n) is 5.40. The van der Waals surface area contributed by atoms with Gasteiger partial charge in [0.1, 0.15) is 5.82 Å². The first-order valence-electron chi connectivity index (χ1n) is 13.6. The van der Waals surface area contributed by atoms with Crippen LogP contribution in [0.5, 0.6) is 0 Å². The highest BCUT2D eigenvalue weighted by Gasteiger charge is 2.23. The monoisotopic (exact) mass is 483 g/mol. The van der Waals surface area contributed by atoms with Gasteiger partial charge in [0.15, 0.2) is 0 Å². The smallest absolute Gasteiger partial charge is 0.131 e. The van der Waals surface area contributed by atoms with Gasteiger partial charge in [0.25, 0.3) is 0 Å². The molecule has 35 heavy (non-hydrogen) atoms. The zero-order valence-corrected chi connectivity index (χ0v) is 22.5. The highest BCUT2D eigenvalue weighted by Crippen LogP contribution is 2.35. The quantitative estimate of drug-likeness (QED) is 0.199. The predicted molar refractivity (Wildman–Crippen MR) is 151 cm³/mol. The van der Waals surface area contributed by atoms with Crippen LogP contribution in [0.15, 0.2) is 78.9 Å². The van der Waals surface area contributed by atoms with Gasteiger partial charge in [0, 0.05) is 14.4 Å². The lowest BCUT2D eigenvalue weighted by molar-refractivity contribution is 0.606. The van der Waals surface area contributed by atoms with Gasteiger partial charge in [-0.3, -0.25) is 0 Å². The number of benzene rings is 3. The van der Waals surface area contributed by atoms with Crippen molar-refractivity contribution < 1.29 is 4.39 Å². The van der Waals surface area contributed by atoms with E-state index in [-0.39, 0.29) is 14.6 Å². The summed E-state index contributed by atoms with van der Waals surface area (Å²) >= 11 is 0. The van der Waals surface area contributed by atoms with Crippen molar-refractivity contribution in [3.63, 3.8) is 0 Å². The van der Waals surface area contributed by atoms with Crippen molar-refractivity contribution in [1.29, 1.82) is 0 Å². The standard InChI is InChI=1S/C33H40FSi/c1-3-5-6-22-35-23-20-30(21-24-35)29-15-10-27(11-16-29)8-9-28-14-19-32(33(34)25-28)31-17-12-26(7-4-2)13-18-31/h3,5,10-19,25,30H,4,6-9,20-24H2,1-2H3. The summed E-state index contributed by atoms with van der Waals surface area (Å²) in [6.45, 7) is 4.31. The molecule has 1 saturated heterocycles. The molecule has 0 bridgehead atoms. The Morgan fingerprint density at radius 3 is 2.11 bits per heavy atom. The Morgan fingerprint density at radius 2 is 1.46 bits per heavy atom. The molecular formula is C33H40FSi. The molecule has 1 fully saturated rings. The number of hydrogen-bond donors (Lipinski definition) is 0. The van der Waals surface area contributed by atoms with Crippen molar-refractivity contribution in [1.82, 2.24) is 0 Å². The van der Waals surface area contributed by atoms with E-state index in [0.717, 1.165) is 42.7 Å². The normalized spacial score (nSPS) is 15.2. The molecular weight excluding hydrogens is 443 g/mol. The summed E-state index contributed by atoms with van der Waals surface area (Å²) in [6.07, 6.45) is 12.6. The number of rotatable bonds is 10. The molecule has 0 N–H and O–H groups in total. The third kappa shape index (κ3) is 7.27. The Kier molecular flexibility index (Phi) is 9.54. The summed E-state index contributed by atoms with van der Waals surface area (Å²) in [4.78, 5) is 0. The summed E-state index contributed by atoms with van der Waals surface area (Å²) in [5, 5.41) is 0. The van der Waals surface area contributed by atoms with Gasteiger partial charge in [-0.15, -0.1) is 0 Å².